The highest BCUT2D eigenvalue weighted by molar-refractivity contribution is 6.35. The molecule has 1 aliphatic rings. The molecule has 2 aromatic rings. The number of aliphatic hydroxyl groups excluding tert-OH is 1. The van der Waals surface area contributed by atoms with Crippen LogP contribution in [0.15, 0.2) is 16.8 Å². The van der Waals surface area contributed by atoms with E-state index in [0.29, 0.717) is 39.8 Å². The predicted octanol–water partition coefficient (Wildman–Crippen LogP) is 3.53. The summed E-state index contributed by atoms with van der Waals surface area (Å²) in [6.07, 6.45) is 5.89. The van der Waals surface area contributed by atoms with Gasteiger partial charge in [-0.1, -0.05) is 41.2 Å². The standard InChI is InChI=1S/C14H15Cl2N3O2/c15-9-5-10(16)13(17-7-9)14-18-12(21-19-14)6-11(20)8-3-1-2-4-8/h5,7-8,11,20H,1-4,6H2. The van der Waals surface area contributed by atoms with E-state index < -0.39 is 6.10 Å². The fourth-order valence-corrected chi connectivity index (χ4v) is 3.17. The summed E-state index contributed by atoms with van der Waals surface area (Å²) in [6, 6.07) is 1.58. The van der Waals surface area contributed by atoms with Crippen molar-refractivity contribution in [2.75, 3.05) is 0 Å². The second-order valence-electron chi connectivity index (χ2n) is 5.31. The van der Waals surface area contributed by atoms with Crippen LogP contribution in [0.25, 0.3) is 11.5 Å². The molecular formula is C14H15Cl2N3O2. The maximum atomic E-state index is 10.2. The first-order valence-corrected chi connectivity index (χ1v) is 7.71. The van der Waals surface area contributed by atoms with Crippen LogP contribution in [0, 0.1) is 5.92 Å². The molecule has 2 heterocycles. The molecule has 2 aromatic heterocycles. The van der Waals surface area contributed by atoms with E-state index in [1.807, 2.05) is 0 Å². The van der Waals surface area contributed by atoms with Crippen LogP contribution in [0.2, 0.25) is 10.0 Å². The lowest BCUT2D eigenvalue weighted by Gasteiger charge is -2.14. The van der Waals surface area contributed by atoms with Crippen LogP contribution in [-0.4, -0.2) is 26.3 Å². The Morgan fingerprint density at radius 2 is 2.10 bits per heavy atom. The third kappa shape index (κ3) is 3.36. The van der Waals surface area contributed by atoms with Crippen molar-refractivity contribution < 1.29 is 9.63 Å². The Morgan fingerprint density at radius 3 is 2.81 bits per heavy atom. The topological polar surface area (TPSA) is 72.0 Å². The first-order valence-electron chi connectivity index (χ1n) is 6.95. The van der Waals surface area contributed by atoms with Crippen molar-refractivity contribution in [2.24, 2.45) is 5.92 Å². The van der Waals surface area contributed by atoms with Gasteiger partial charge in [-0.3, -0.25) is 0 Å². The number of rotatable bonds is 4. The maximum Gasteiger partial charge on any atom is 0.229 e. The molecule has 0 aliphatic heterocycles. The molecule has 5 nitrogen and oxygen atoms in total. The van der Waals surface area contributed by atoms with Crippen molar-refractivity contribution in [3.05, 3.63) is 28.2 Å². The van der Waals surface area contributed by atoms with E-state index in [1.54, 1.807) is 6.07 Å². The van der Waals surface area contributed by atoms with Crippen molar-refractivity contribution in [1.82, 2.24) is 15.1 Å². The highest BCUT2D eigenvalue weighted by Gasteiger charge is 2.25. The highest BCUT2D eigenvalue weighted by Crippen LogP contribution is 2.30. The van der Waals surface area contributed by atoms with Gasteiger partial charge in [0.2, 0.25) is 11.7 Å². The van der Waals surface area contributed by atoms with Crippen molar-refractivity contribution in [3.63, 3.8) is 0 Å². The molecule has 0 aromatic carbocycles. The molecule has 1 N–H and O–H groups in total. The van der Waals surface area contributed by atoms with Gasteiger partial charge in [0.25, 0.3) is 0 Å². The minimum absolute atomic E-state index is 0.310. The number of pyridine rings is 1. The van der Waals surface area contributed by atoms with Crippen LogP contribution in [0.1, 0.15) is 31.6 Å². The monoisotopic (exact) mass is 327 g/mol. The predicted molar refractivity (Wildman–Crippen MR) is 79.2 cm³/mol. The number of halogens is 2. The van der Waals surface area contributed by atoms with E-state index in [4.69, 9.17) is 27.7 Å². The minimum Gasteiger partial charge on any atom is -0.392 e. The number of nitrogens with zero attached hydrogens (tertiary/aromatic N) is 3. The van der Waals surface area contributed by atoms with Crippen LogP contribution in [0.4, 0.5) is 0 Å². The largest absolute Gasteiger partial charge is 0.392 e. The molecule has 0 bridgehead atoms. The molecule has 1 fully saturated rings. The van der Waals surface area contributed by atoms with Gasteiger partial charge >= 0.3 is 0 Å². The molecule has 7 heteroatoms. The van der Waals surface area contributed by atoms with Gasteiger partial charge in [-0.15, -0.1) is 0 Å². The van der Waals surface area contributed by atoms with Gasteiger partial charge in [-0.05, 0) is 24.8 Å². The van der Waals surface area contributed by atoms with E-state index in [0.717, 1.165) is 12.8 Å². The molecule has 1 atom stereocenters. The summed E-state index contributed by atoms with van der Waals surface area (Å²) in [6.45, 7) is 0. The average molecular weight is 328 g/mol. The van der Waals surface area contributed by atoms with Crippen LogP contribution in [0.5, 0.6) is 0 Å². The molecule has 1 saturated carbocycles. The molecule has 0 spiro atoms. The second-order valence-corrected chi connectivity index (χ2v) is 6.16. The lowest BCUT2D eigenvalue weighted by molar-refractivity contribution is 0.102. The summed E-state index contributed by atoms with van der Waals surface area (Å²) < 4.78 is 5.18. The van der Waals surface area contributed by atoms with E-state index in [9.17, 15) is 5.11 Å². The molecule has 1 aliphatic carbocycles. The Kier molecular flexibility index (Phi) is 4.42. The van der Waals surface area contributed by atoms with Crippen molar-refractivity contribution in [2.45, 2.75) is 38.2 Å². The van der Waals surface area contributed by atoms with Crippen molar-refractivity contribution in [1.29, 1.82) is 0 Å². The summed E-state index contributed by atoms with van der Waals surface area (Å²) in [4.78, 5) is 8.36. The van der Waals surface area contributed by atoms with Gasteiger partial charge < -0.3 is 9.63 Å². The third-order valence-electron chi connectivity index (χ3n) is 3.82. The number of hydrogen-bond donors (Lipinski definition) is 1. The average Bonchev–Trinajstić information content (AvgIpc) is 3.09. The summed E-state index contributed by atoms with van der Waals surface area (Å²) in [5.74, 6) is 1.04. The molecule has 0 amide bonds. The van der Waals surface area contributed by atoms with Gasteiger partial charge in [-0.25, -0.2) is 4.98 Å². The van der Waals surface area contributed by atoms with E-state index in [1.165, 1.54) is 19.0 Å². The summed E-state index contributed by atoms with van der Waals surface area (Å²) in [5.41, 5.74) is 0.423. The lowest BCUT2D eigenvalue weighted by Crippen LogP contribution is -2.20. The van der Waals surface area contributed by atoms with E-state index in [-0.39, 0.29) is 0 Å². The van der Waals surface area contributed by atoms with Gasteiger partial charge in [-0.2, -0.15) is 4.98 Å². The number of hydrogen-bond acceptors (Lipinski definition) is 5. The molecule has 1 unspecified atom stereocenters. The van der Waals surface area contributed by atoms with Gasteiger partial charge in [0, 0.05) is 6.20 Å². The SMILES string of the molecule is OC(Cc1nc(-c2ncc(Cl)cc2Cl)no1)C1CCCC1. The lowest BCUT2D eigenvalue weighted by atomic mass is 9.98. The minimum atomic E-state index is -0.436. The summed E-state index contributed by atoms with van der Waals surface area (Å²) >= 11 is 11.9. The zero-order valence-electron chi connectivity index (χ0n) is 11.3. The molecule has 21 heavy (non-hydrogen) atoms. The zero-order valence-corrected chi connectivity index (χ0v) is 12.8. The van der Waals surface area contributed by atoms with Crippen LogP contribution >= 0.6 is 23.2 Å². The fraction of sp³-hybridized carbons (Fsp3) is 0.500. The molecule has 112 valence electrons. The molecule has 3 rings (SSSR count). The third-order valence-corrected chi connectivity index (χ3v) is 4.31. The summed E-state index contributed by atoms with van der Waals surface area (Å²) in [7, 11) is 0. The van der Waals surface area contributed by atoms with Gasteiger partial charge in [0.1, 0.15) is 5.69 Å². The smallest absolute Gasteiger partial charge is 0.229 e. The second kappa shape index (κ2) is 6.30. The molecular weight excluding hydrogens is 313 g/mol. The highest BCUT2D eigenvalue weighted by atomic mass is 35.5. The van der Waals surface area contributed by atoms with Gasteiger partial charge in [0.15, 0.2) is 0 Å². The molecule has 0 saturated heterocycles. The fourth-order valence-electron chi connectivity index (χ4n) is 2.70. The number of aliphatic hydroxyl groups is 1. The van der Waals surface area contributed by atoms with Gasteiger partial charge in [0.05, 0.1) is 22.6 Å². The first kappa shape index (κ1) is 14.8. The quantitative estimate of drug-likeness (QED) is 0.929. The summed E-state index contributed by atoms with van der Waals surface area (Å²) in [5, 5.41) is 14.9. The van der Waals surface area contributed by atoms with Crippen LogP contribution in [0.3, 0.4) is 0 Å². The maximum absolute atomic E-state index is 10.2. The Labute approximate surface area is 132 Å². The van der Waals surface area contributed by atoms with E-state index in [2.05, 4.69) is 15.1 Å². The van der Waals surface area contributed by atoms with Crippen molar-refractivity contribution in [3.8, 4) is 11.5 Å². The Morgan fingerprint density at radius 1 is 1.33 bits per heavy atom. The van der Waals surface area contributed by atoms with Crippen LogP contribution in [-0.2, 0) is 6.42 Å². The van der Waals surface area contributed by atoms with Crippen molar-refractivity contribution >= 4 is 23.2 Å². The Bertz CT molecular complexity index is 626. The van der Waals surface area contributed by atoms with Crippen LogP contribution < -0.4 is 0 Å². The molecule has 0 radical (unpaired) electrons. The Hall–Kier alpha value is -1.17. The van der Waals surface area contributed by atoms with E-state index >= 15 is 0 Å². The normalized spacial score (nSPS) is 17.3. The number of aromatic nitrogens is 3. The first-order chi connectivity index (χ1) is 10.1. The zero-order chi connectivity index (χ0) is 14.8. The Balaban J connectivity index is 1.73.